The fourth-order valence-corrected chi connectivity index (χ4v) is 3.84. The summed E-state index contributed by atoms with van der Waals surface area (Å²) in [4.78, 5) is 26.7. The van der Waals surface area contributed by atoms with Crippen LogP contribution < -0.4 is 5.32 Å². The van der Waals surface area contributed by atoms with Gasteiger partial charge in [0.25, 0.3) is 0 Å². The van der Waals surface area contributed by atoms with Crippen LogP contribution in [0.4, 0.5) is 4.39 Å². The van der Waals surface area contributed by atoms with E-state index in [9.17, 15) is 14.0 Å². The monoisotopic (exact) mass is 346 g/mol. The van der Waals surface area contributed by atoms with Crippen molar-refractivity contribution in [1.29, 1.82) is 0 Å². The fourth-order valence-electron chi connectivity index (χ4n) is 3.84. The van der Waals surface area contributed by atoms with Crippen LogP contribution in [0.25, 0.3) is 0 Å². The van der Waals surface area contributed by atoms with Gasteiger partial charge in [-0.2, -0.15) is 0 Å². The third-order valence-corrected chi connectivity index (χ3v) is 5.38. The standard InChI is InChI=1S/C19H23FN2O3/c20-14-5-3-12(4-6-14)18(16-2-1-9-25-16)21-19(24)13-10-17(23)22(11-13)15-7-8-15/h3-6,13,15-16,18H,1-2,7-11H2,(H,21,24)/t13-,16+,18-/m1/s1. The lowest BCUT2D eigenvalue weighted by Gasteiger charge is -2.26. The molecule has 0 aromatic heterocycles. The van der Waals surface area contributed by atoms with E-state index in [1.807, 2.05) is 4.90 Å². The summed E-state index contributed by atoms with van der Waals surface area (Å²) in [6.45, 7) is 1.19. The fraction of sp³-hybridized carbons (Fsp3) is 0.579. The van der Waals surface area contributed by atoms with Crippen LogP contribution in [0.15, 0.2) is 24.3 Å². The van der Waals surface area contributed by atoms with Crippen LogP contribution in [-0.4, -0.2) is 42.0 Å². The van der Waals surface area contributed by atoms with Crippen molar-refractivity contribution in [3.05, 3.63) is 35.6 Å². The molecule has 2 aliphatic heterocycles. The topological polar surface area (TPSA) is 58.6 Å². The summed E-state index contributed by atoms with van der Waals surface area (Å²) in [6, 6.07) is 6.22. The van der Waals surface area contributed by atoms with Gasteiger partial charge >= 0.3 is 0 Å². The Kier molecular flexibility index (Phi) is 4.46. The minimum atomic E-state index is -0.308. The Morgan fingerprint density at radius 3 is 2.64 bits per heavy atom. The molecule has 0 unspecified atom stereocenters. The highest BCUT2D eigenvalue weighted by molar-refractivity contribution is 5.89. The highest BCUT2D eigenvalue weighted by atomic mass is 19.1. The molecular weight excluding hydrogens is 323 g/mol. The Morgan fingerprint density at radius 2 is 2.00 bits per heavy atom. The van der Waals surface area contributed by atoms with Crippen LogP contribution in [0.5, 0.6) is 0 Å². The number of nitrogens with zero attached hydrogens (tertiary/aromatic N) is 1. The summed E-state index contributed by atoms with van der Waals surface area (Å²) < 4.78 is 19.0. The summed E-state index contributed by atoms with van der Waals surface area (Å²) >= 11 is 0. The SMILES string of the molecule is O=C(N[C@H](c1ccc(F)cc1)[C@@H]1CCCO1)[C@@H]1CC(=O)N(C2CC2)C1. The molecule has 3 fully saturated rings. The molecule has 1 aromatic carbocycles. The van der Waals surface area contributed by atoms with E-state index in [0.717, 1.165) is 31.2 Å². The minimum absolute atomic E-state index is 0.0816. The van der Waals surface area contributed by atoms with Gasteiger partial charge in [-0.25, -0.2) is 4.39 Å². The van der Waals surface area contributed by atoms with Crippen LogP contribution in [-0.2, 0) is 14.3 Å². The van der Waals surface area contributed by atoms with Gasteiger partial charge in [-0.15, -0.1) is 0 Å². The van der Waals surface area contributed by atoms with Crippen LogP contribution in [0, 0.1) is 11.7 Å². The number of benzene rings is 1. The molecule has 25 heavy (non-hydrogen) atoms. The molecule has 0 bridgehead atoms. The molecule has 3 aliphatic rings. The van der Waals surface area contributed by atoms with Crippen molar-refractivity contribution in [1.82, 2.24) is 10.2 Å². The third kappa shape index (κ3) is 3.54. The average Bonchev–Trinajstić information content (AvgIpc) is 3.15. The molecule has 4 rings (SSSR count). The Bertz CT molecular complexity index is 653. The van der Waals surface area contributed by atoms with Crippen molar-refractivity contribution in [2.45, 2.75) is 50.3 Å². The van der Waals surface area contributed by atoms with Gasteiger partial charge in [0.2, 0.25) is 11.8 Å². The zero-order valence-electron chi connectivity index (χ0n) is 14.1. The first-order valence-electron chi connectivity index (χ1n) is 9.09. The van der Waals surface area contributed by atoms with Gasteiger partial charge in [-0.1, -0.05) is 12.1 Å². The number of amides is 2. The second kappa shape index (κ2) is 6.75. The second-order valence-electron chi connectivity index (χ2n) is 7.27. The quantitative estimate of drug-likeness (QED) is 0.889. The van der Waals surface area contributed by atoms with Crippen molar-refractivity contribution >= 4 is 11.8 Å². The maximum atomic E-state index is 13.2. The molecule has 1 N–H and O–H groups in total. The normalized spacial score (nSPS) is 27.6. The summed E-state index contributed by atoms with van der Waals surface area (Å²) in [5, 5.41) is 3.07. The first kappa shape index (κ1) is 16.5. The molecule has 134 valence electrons. The van der Waals surface area contributed by atoms with Crippen molar-refractivity contribution in [2.75, 3.05) is 13.2 Å². The van der Waals surface area contributed by atoms with Crippen molar-refractivity contribution in [3.8, 4) is 0 Å². The van der Waals surface area contributed by atoms with Crippen LogP contribution in [0.2, 0.25) is 0 Å². The molecular formula is C19H23FN2O3. The largest absolute Gasteiger partial charge is 0.376 e. The number of carbonyl (C=O) groups excluding carboxylic acids is 2. The number of ether oxygens (including phenoxy) is 1. The van der Waals surface area contributed by atoms with Gasteiger partial charge in [0.1, 0.15) is 5.82 Å². The molecule has 0 radical (unpaired) electrons. The molecule has 6 heteroatoms. The van der Waals surface area contributed by atoms with Gasteiger partial charge in [0.15, 0.2) is 0 Å². The predicted molar refractivity (Wildman–Crippen MR) is 89.1 cm³/mol. The molecule has 1 aromatic rings. The molecule has 5 nitrogen and oxygen atoms in total. The van der Waals surface area contributed by atoms with E-state index in [4.69, 9.17) is 4.74 Å². The number of nitrogens with one attached hydrogen (secondary N) is 1. The Hall–Kier alpha value is -1.95. The number of rotatable bonds is 5. The number of likely N-dealkylation sites (tertiary alicyclic amines) is 1. The van der Waals surface area contributed by atoms with Gasteiger partial charge in [-0.3, -0.25) is 9.59 Å². The van der Waals surface area contributed by atoms with Gasteiger partial charge in [0, 0.05) is 25.6 Å². The highest BCUT2D eigenvalue weighted by Crippen LogP contribution is 2.33. The molecule has 2 saturated heterocycles. The smallest absolute Gasteiger partial charge is 0.225 e. The van der Waals surface area contributed by atoms with E-state index in [1.54, 1.807) is 12.1 Å². The Balaban J connectivity index is 1.47. The summed E-state index contributed by atoms with van der Waals surface area (Å²) in [6.07, 6.45) is 4.09. The maximum absolute atomic E-state index is 13.2. The predicted octanol–water partition coefficient (Wildman–Crippen LogP) is 2.17. The molecule has 2 heterocycles. The zero-order chi connectivity index (χ0) is 17.4. The lowest BCUT2D eigenvalue weighted by Crippen LogP contribution is -2.40. The van der Waals surface area contributed by atoms with Gasteiger partial charge < -0.3 is 15.0 Å². The van der Waals surface area contributed by atoms with E-state index in [0.29, 0.717) is 19.2 Å². The van der Waals surface area contributed by atoms with Crippen molar-refractivity contribution < 1.29 is 18.7 Å². The molecule has 1 saturated carbocycles. The average molecular weight is 346 g/mol. The molecule has 1 aliphatic carbocycles. The molecule has 2 amide bonds. The van der Waals surface area contributed by atoms with Crippen LogP contribution >= 0.6 is 0 Å². The summed E-state index contributed by atoms with van der Waals surface area (Å²) in [5.74, 6) is -0.639. The van der Waals surface area contributed by atoms with Gasteiger partial charge in [-0.05, 0) is 43.4 Å². The van der Waals surface area contributed by atoms with E-state index >= 15 is 0 Å². The Labute approximate surface area is 146 Å². The van der Waals surface area contributed by atoms with Crippen LogP contribution in [0.3, 0.4) is 0 Å². The molecule has 3 atom stereocenters. The summed E-state index contributed by atoms with van der Waals surface area (Å²) in [5.41, 5.74) is 0.838. The van der Waals surface area contributed by atoms with Crippen molar-refractivity contribution in [2.24, 2.45) is 5.92 Å². The van der Waals surface area contributed by atoms with E-state index < -0.39 is 0 Å². The highest BCUT2D eigenvalue weighted by Gasteiger charge is 2.42. The number of halogens is 1. The van der Waals surface area contributed by atoms with E-state index in [2.05, 4.69) is 5.32 Å². The third-order valence-electron chi connectivity index (χ3n) is 5.38. The van der Waals surface area contributed by atoms with E-state index in [1.165, 1.54) is 12.1 Å². The lowest BCUT2D eigenvalue weighted by molar-refractivity contribution is -0.129. The van der Waals surface area contributed by atoms with E-state index in [-0.39, 0.29) is 42.1 Å². The number of hydrogen-bond donors (Lipinski definition) is 1. The van der Waals surface area contributed by atoms with Crippen molar-refractivity contribution in [3.63, 3.8) is 0 Å². The lowest BCUT2D eigenvalue weighted by atomic mass is 9.97. The molecule has 0 spiro atoms. The zero-order valence-corrected chi connectivity index (χ0v) is 14.1. The maximum Gasteiger partial charge on any atom is 0.225 e. The minimum Gasteiger partial charge on any atom is -0.376 e. The Morgan fingerprint density at radius 1 is 1.24 bits per heavy atom. The second-order valence-corrected chi connectivity index (χ2v) is 7.27. The van der Waals surface area contributed by atoms with Gasteiger partial charge in [0.05, 0.1) is 18.1 Å². The first-order chi connectivity index (χ1) is 12.1. The van der Waals surface area contributed by atoms with Crippen LogP contribution in [0.1, 0.15) is 43.7 Å². The first-order valence-corrected chi connectivity index (χ1v) is 9.09. The number of carbonyl (C=O) groups is 2. The number of hydrogen-bond acceptors (Lipinski definition) is 3. The summed E-state index contributed by atoms with van der Waals surface area (Å²) in [7, 11) is 0.